The summed E-state index contributed by atoms with van der Waals surface area (Å²) in [6.45, 7) is 0. The third kappa shape index (κ3) is 1.04. The zero-order valence-corrected chi connectivity index (χ0v) is 8.55. The second-order valence-corrected chi connectivity index (χ2v) is 3.94. The summed E-state index contributed by atoms with van der Waals surface area (Å²) >= 11 is 0. The fourth-order valence-electron chi connectivity index (χ4n) is 2.42. The van der Waals surface area contributed by atoms with Crippen LogP contribution in [0.1, 0.15) is 17.0 Å². The number of hydrogen-bond acceptors (Lipinski definition) is 2. The summed E-state index contributed by atoms with van der Waals surface area (Å²) in [4.78, 5) is 11.2. The summed E-state index contributed by atoms with van der Waals surface area (Å²) in [6.07, 6.45) is 0.935. The maximum absolute atomic E-state index is 11.2. The largest absolute Gasteiger partial charge is 0.507 e. The molecule has 0 amide bonds. The van der Waals surface area contributed by atoms with Gasteiger partial charge in [0.25, 0.3) is 0 Å². The SMILES string of the molecule is O=CC1c2ccccc2-c2c(O)cccc21. The topological polar surface area (TPSA) is 37.3 Å². The maximum Gasteiger partial charge on any atom is 0.131 e. The van der Waals surface area contributed by atoms with Crippen molar-refractivity contribution in [3.63, 3.8) is 0 Å². The molecule has 78 valence electrons. The summed E-state index contributed by atoms with van der Waals surface area (Å²) in [7, 11) is 0. The molecule has 0 fully saturated rings. The van der Waals surface area contributed by atoms with E-state index in [2.05, 4.69) is 0 Å². The Bertz CT molecular complexity index is 573. The van der Waals surface area contributed by atoms with Crippen molar-refractivity contribution in [2.45, 2.75) is 5.92 Å². The van der Waals surface area contributed by atoms with Crippen LogP contribution in [-0.2, 0) is 4.79 Å². The van der Waals surface area contributed by atoms with Gasteiger partial charge in [-0.3, -0.25) is 0 Å². The summed E-state index contributed by atoms with van der Waals surface area (Å²) in [5, 5.41) is 9.88. The lowest BCUT2D eigenvalue weighted by molar-refractivity contribution is -0.108. The Labute approximate surface area is 93.2 Å². The first-order valence-corrected chi connectivity index (χ1v) is 5.19. The number of fused-ring (bicyclic) bond motifs is 3. The molecule has 2 aromatic rings. The van der Waals surface area contributed by atoms with Gasteiger partial charge in [0, 0.05) is 5.56 Å². The smallest absolute Gasteiger partial charge is 0.131 e. The van der Waals surface area contributed by atoms with Gasteiger partial charge in [0.05, 0.1) is 5.92 Å². The molecule has 1 unspecified atom stereocenters. The Morgan fingerprint density at radius 1 is 1.00 bits per heavy atom. The van der Waals surface area contributed by atoms with E-state index in [1.165, 1.54) is 0 Å². The average molecular weight is 210 g/mol. The fraction of sp³-hybridized carbons (Fsp3) is 0.0714. The molecule has 0 heterocycles. The molecule has 2 heteroatoms. The lowest BCUT2D eigenvalue weighted by Crippen LogP contribution is -1.96. The van der Waals surface area contributed by atoms with Crippen molar-refractivity contribution in [2.24, 2.45) is 0 Å². The van der Waals surface area contributed by atoms with Gasteiger partial charge in [-0.25, -0.2) is 0 Å². The van der Waals surface area contributed by atoms with Gasteiger partial charge in [0.15, 0.2) is 0 Å². The van der Waals surface area contributed by atoms with Crippen LogP contribution in [0, 0.1) is 0 Å². The zero-order valence-electron chi connectivity index (χ0n) is 8.55. The Kier molecular flexibility index (Phi) is 1.83. The van der Waals surface area contributed by atoms with Crippen LogP contribution in [0.2, 0.25) is 0 Å². The number of aromatic hydroxyl groups is 1. The van der Waals surface area contributed by atoms with E-state index in [4.69, 9.17) is 0 Å². The summed E-state index contributed by atoms with van der Waals surface area (Å²) in [5.41, 5.74) is 3.65. The predicted octanol–water partition coefficient (Wildman–Crippen LogP) is 2.70. The van der Waals surface area contributed by atoms with Gasteiger partial charge in [-0.1, -0.05) is 36.4 Å². The van der Waals surface area contributed by atoms with Crippen LogP contribution in [0.25, 0.3) is 11.1 Å². The Hall–Kier alpha value is -2.09. The molecule has 1 atom stereocenters. The van der Waals surface area contributed by atoms with E-state index in [1.807, 2.05) is 30.3 Å². The predicted molar refractivity (Wildman–Crippen MR) is 61.4 cm³/mol. The van der Waals surface area contributed by atoms with Crippen LogP contribution in [0.5, 0.6) is 5.75 Å². The molecule has 0 aliphatic heterocycles. The van der Waals surface area contributed by atoms with Crippen molar-refractivity contribution in [2.75, 3.05) is 0 Å². The quantitative estimate of drug-likeness (QED) is 0.735. The molecule has 1 aliphatic rings. The molecule has 2 aromatic carbocycles. The number of carbonyl (C=O) groups is 1. The Morgan fingerprint density at radius 2 is 1.75 bits per heavy atom. The minimum atomic E-state index is -0.238. The van der Waals surface area contributed by atoms with Gasteiger partial charge < -0.3 is 9.90 Å². The molecule has 0 bridgehead atoms. The van der Waals surface area contributed by atoms with Gasteiger partial charge in [-0.2, -0.15) is 0 Å². The second-order valence-electron chi connectivity index (χ2n) is 3.94. The number of benzene rings is 2. The van der Waals surface area contributed by atoms with Crippen LogP contribution in [0.3, 0.4) is 0 Å². The van der Waals surface area contributed by atoms with Crippen molar-refractivity contribution < 1.29 is 9.90 Å². The molecule has 0 saturated heterocycles. The third-order valence-electron chi connectivity index (χ3n) is 3.11. The Balaban J connectivity index is 2.39. The first kappa shape index (κ1) is 9.16. The van der Waals surface area contributed by atoms with Crippen molar-refractivity contribution >= 4 is 6.29 Å². The highest BCUT2D eigenvalue weighted by Crippen LogP contribution is 2.47. The van der Waals surface area contributed by atoms with E-state index in [9.17, 15) is 9.90 Å². The third-order valence-corrected chi connectivity index (χ3v) is 3.11. The second kappa shape index (κ2) is 3.20. The lowest BCUT2D eigenvalue weighted by Gasteiger charge is -2.04. The van der Waals surface area contributed by atoms with E-state index in [-0.39, 0.29) is 11.7 Å². The highest BCUT2D eigenvalue weighted by atomic mass is 16.3. The van der Waals surface area contributed by atoms with Crippen molar-refractivity contribution in [3.05, 3.63) is 53.6 Å². The number of aldehydes is 1. The van der Waals surface area contributed by atoms with E-state index in [0.717, 1.165) is 28.5 Å². The molecule has 0 saturated carbocycles. The minimum absolute atomic E-state index is 0.238. The summed E-state index contributed by atoms with van der Waals surface area (Å²) < 4.78 is 0. The van der Waals surface area contributed by atoms with E-state index in [1.54, 1.807) is 12.1 Å². The first-order valence-electron chi connectivity index (χ1n) is 5.19. The van der Waals surface area contributed by atoms with Gasteiger partial charge >= 0.3 is 0 Å². The molecule has 2 nitrogen and oxygen atoms in total. The van der Waals surface area contributed by atoms with Gasteiger partial charge in [0.2, 0.25) is 0 Å². The van der Waals surface area contributed by atoms with Crippen molar-refractivity contribution in [1.82, 2.24) is 0 Å². The molecule has 0 aromatic heterocycles. The van der Waals surface area contributed by atoms with E-state index < -0.39 is 0 Å². The highest BCUT2D eigenvalue weighted by molar-refractivity contribution is 5.90. The molecule has 3 rings (SSSR count). The molecular formula is C14H10O2. The van der Waals surface area contributed by atoms with Gasteiger partial charge in [0.1, 0.15) is 12.0 Å². The van der Waals surface area contributed by atoms with Crippen LogP contribution < -0.4 is 0 Å². The van der Waals surface area contributed by atoms with Crippen LogP contribution >= 0.6 is 0 Å². The van der Waals surface area contributed by atoms with Gasteiger partial charge in [-0.05, 0) is 22.8 Å². The van der Waals surface area contributed by atoms with E-state index >= 15 is 0 Å². The molecule has 0 radical (unpaired) electrons. The number of hydrogen-bond donors (Lipinski definition) is 1. The number of phenolic OH excluding ortho intramolecular Hbond substituents is 1. The minimum Gasteiger partial charge on any atom is -0.507 e. The van der Waals surface area contributed by atoms with E-state index in [0.29, 0.717) is 0 Å². The number of phenols is 1. The van der Waals surface area contributed by atoms with Crippen LogP contribution in [-0.4, -0.2) is 11.4 Å². The van der Waals surface area contributed by atoms with Crippen molar-refractivity contribution in [1.29, 1.82) is 0 Å². The standard InChI is InChI=1S/C14H10O2/c15-8-12-9-4-1-2-5-10(9)14-11(12)6-3-7-13(14)16/h1-8,12,16H. The molecule has 16 heavy (non-hydrogen) atoms. The average Bonchev–Trinajstić information content (AvgIpc) is 2.64. The summed E-state index contributed by atoms with van der Waals surface area (Å²) in [5.74, 6) is 0.00704. The lowest BCUT2D eigenvalue weighted by atomic mass is 9.99. The maximum atomic E-state index is 11.2. The summed E-state index contributed by atoms with van der Waals surface area (Å²) in [6, 6.07) is 13.0. The number of rotatable bonds is 1. The Morgan fingerprint density at radius 3 is 2.56 bits per heavy atom. The van der Waals surface area contributed by atoms with Crippen LogP contribution in [0.4, 0.5) is 0 Å². The first-order chi connectivity index (χ1) is 7.83. The fourth-order valence-corrected chi connectivity index (χ4v) is 2.42. The molecule has 1 aliphatic carbocycles. The molecule has 1 N–H and O–H groups in total. The highest BCUT2D eigenvalue weighted by Gasteiger charge is 2.29. The zero-order chi connectivity index (χ0) is 11.1. The van der Waals surface area contributed by atoms with Crippen molar-refractivity contribution in [3.8, 4) is 16.9 Å². The number of carbonyl (C=O) groups excluding carboxylic acids is 1. The monoisotopic (exact) mass is 210 g/mol. The molecular weight excluding hydrogens is 200 g/mol. The molecule has 0 spiro atoms. The normalized spacial score (nSPS) is 16.6. The van der Waals surface area contributed by atoms with Crippen LogP contribution in [0.15, 0.2) is 42.5 Å². The van der Waals surface area contributed by atoms with Gasteiger partial charge in [-0.15, -0.1) is 0 Å².